The summed E-state index contributed by atoms with van der Waals surface area (Å²) in [5.74, 6) is 2.66. The van der Waals surface area contributed by atoms with Crippen molar-refractivity contribution in [3.05, 3.63) is 33.2 Å². The topological polar surface area (TPSA) is 41.0 Å². The normalized spacial score (nSPS) is 10.6. The average molecular weight is 311 g/mol. The first-order valence-corrected chi connectivity index (χ1v) is 7.89. The van der Waals surface area contributed by atoms with E-state index in [0.717, 1.165) is 41.3 Å². The third-order valence-corrected chi connectivity index (χ3v) is 4.06. The maximum atomic E-state index is 5.97. The summed E-state index contributed by atoms with van der Waals surface area (Å²) in [4.78, 5) is 12.4. The van der Waals surface area contributed by atoms with E-state index >= 15 is 0 Å². The van der Waals surface area contributed by atoms with Crippen LogP contribution in [0.5, 0.6) is 0 Å². The zero-order valence-corrected chi connectivity index (χ0v) is 13.6. The van der Waals surface area contributed by atoms with E-state index in [-0.39, 0.29) is 0 Å². The molecule has 2 aromatic rings. The number of aryl methyl sites for hydroxylation is 1. The number of hydrogen-bond donors (Lipinski definition) is 1. The summed E-state index contributed by atoms with van der Waals surface area (Å²) in [6, 6.07) is 5.96. The Balaban J connectivity index is 2.19. The number of rotatable bonds is 6. The van der Waals surface area contributed by atoms with Crippen LogP contribution in [0.3, 0.4) is 0 Å². The van der Waals surface area contributed by atoms with E-state index in [1.165, 1.54) is 4.88 Å². The van der Waals surface area contributed by atoms with Crippen LogP contribution < -0.4 is 10.2 Å². The van der Waals surface area contributed by atoms with Crippen LogP contribution in [0, 0.1) is 0 Å². The van der Waals surface area contributed by atoms with Crippen LogP contribution in [0.4, 0.5) is 11.6 Å². The SMILES string of the molecule is CCNc1cc(N(C)Cc2ccc(Cl)s2)nc(CC)n1. The first-order valence-electron chi connectivity index (χ1n) is 6.69. The number of halogens is 1. The summed E-state index contributed by atoms with van der Waals surface area (Å²) < 4.78 is 0.818. The monoisotopic (exact) mass is 310 g/mol. The van der Waals surface area contributed by atoms with Gasteiger partial charge in [0, 0.05) is 31.0 Å². The molecule has 6 heteroatoms. The summed E-state index contributed by atoms with van der Waals surface area (Å²) in [6.07, 6.45) is 0.824. The molecule has 2 rings (SSSR count). The van der Waals surface area contributed by atoms with Crippen LogP contribution in [0.1, 0.15) is 24.5 Å². The van der Waals surface area contributed by atoms with Crippen LogP contribution in [0.15, 0.2) is 18.2 Å². The standard InChI is InChI=1S/C14H19ClN4S/c1-4-12-17-13(16-5-2)8-14(18-12)19(3)9-10-6-7-11(15)20-10/h6-8H,4-5,9H2,1-3H3,(H,16,17,18). The molecule has 0 aliphatic carbocycles. The maximum Gasteiger partial charge on any atom is 0.134 e. The van der Waals surface area contributed by atoms with Gasteiger partial charge in [0.1, 0.15) is 17.5 Å². The number of nitrogens with one attached hydrogen (secondary N) is 1. The first-order chi connectivity index (χ1) is 9.62. The van der Waals surface area contributed by atoms with Crippen LogP contribution >= 0.6 is 22.9 Å². The molecule has 4 nitrogen and oxygen atoms in total. The highest BCUT2D eigenvalue weighted by Crippen LogP contribution is 2.24. The second kappa shape index (κ2) is 6.90. The Hall–Kier alpha value is -1.33. The predicted molar refractivity (Wildman–Crippen MR) is 87.0 cm³/mol. The fourth-order valence-electron chi connectivity index (χ4n) is 1.86. The zero-order chi connectivity index (χ0) is 14.5. The van der Waals surface area contributed by atoms with Gasteiger partial charge in [-0.2, -0.15) is 0 Å². The Morgan fingerprint density at radius 2 is 2.10 bits per heavy atom. The minimum atomic E-state index is 0.795. The maximum absolute atomic E-state index is 5.97. The Morgan fingerprint density at radius 1 is 1.30 bits per heavy atom. The van der Waals surface area contributed by atoms with E-state index in [2.05, 4.69) is 40.1 Å². The summed E-state index contributed by atoms with van der Waals surface area (Å²) in [7, 11) is 2.03. The summed E-state index contributed by atoms with van der Waals surface area (Å²) >= 11 is 7.57. The molecule has 0 saturated heterocycles. The third-order valence-electron chi connectivity index (χ3n) is 2.85. The number of anilines is 2. The molecule has 0 atom stereocenters. The van der Waals surface area contributed by atoms with Gasteiger partial charge in [0.05, 0.1) is 10.9 Å². The molecule has 0 bridgehead atoms. The number of thiophene rings is 1. The number of hydrogen-bond acceptors (Lipinski definition) is 5. The van der Waals surface area contributed by atoms with Gasteiger partial charge in [-0.25, -0.2) is 9.97 Å². The second-order valence-electron chi connectivity index (χ2n) is 4.47. The van der Waals surface area contributed by atoms with Crippen molar-refractivity contribution in [2.45, 2.75) is 26.8 Å². The molecule has 0 saturated carbocycles. The van der Waals surface area contributed by atoms with Gasteiger partial charge in [-0.05, 0) is 19.1 Å². The minimum absolute atomic E-state index is 0.795. The van der Waals surface area contributed by atoms with E-state index in [9.17, 15) is 0 Å². The molecule has 0 fully saturated rings. The van der Waals surface area contributed by atoms with E-state index < -0.39 is 0 Å². The van der Waals surface area contributed by atoms with Crippen molar-refractivity contribution in [3.8, 4) is 0 Å². The number of aromatic nitrogens is 2. The zero-order valence-electron chi connectivity index (χ0n) is 12.0. The molecule has 2 heterocycles. The molecular weight excluding hydrogens is 292 g/mol. The lowest BCUT2D eigenvalue weighted by Crippen LogP contribution is -2.18. The van der Waals surface area contributed by atoms with Crippen molar-refractivity contribution < 1.29 is 0 Å². The van der Waals surface area contributed by atoms with Crippen LogP contribution in [-0.2, 0) is 13.0 Å². The highest BCUT2D eigenvalue weighted by atomic mass is 35.5. The molecule has 2 aromatic heterocycles. The quantitative estimate of drug-likeness (QED) is 0.880. The van der Waals surface area contributed by atoms with E-state index in [4.69, 9.17) is 11.6 Å². The van der Waals surface area contributed by atoms with Crippen molar-refractivity contribution in [2.24, 2.45) is 0 Å². The van der Waals surface area contributed by atoms with Gasteiger partial charge in [0.15, 0.2) is 0 Å². The molecular formula is C14H19ClN4S. The van der Waals surface area contributed by atoms with Gasteiger partial charge in [-0.15, -0.1) is 11.3 Å². The second-order valence-corrected chi connectivity index (χ2v) is 6.27. The Kier molecular flexibility index (Phi) is 5.20. The van der Waals surface area contributed by atoms with Crippen molar-refractivity contribution in [2.75, 3.05) is 23.8 Å². The molecule has 20 heavy (non-hydrogen) atoms. The van der Waals surface area contributed by atoms with E-state index in [0.29, 0.717) is 0 Å². The van der Waals surface area contributed by atoms with Gasteiger partial charge in [-0.3, -0.25) is 0 Å². The lowest BCUT2D eigenvalue weighted by Gasteiger charge is -2.19. The highest BCUT2D eigenvalue weighted by molar-refractivity contribution is 7.16. The van der Waals surface area contributed by atoms with Crippen LogP contribution in [0.25, 0.3) is 0 Å². The smallest absolute Gasteiger partial charge is 0.134 e. The summed E-state index contributed by atoms with van der Waals surface area (Å²) in [5, 5.41) is 3.25. The van der Waals surface area contributed by atoms with E-state index in [1.54, 1.807) is 11.3 Å². The van der Waals surface area contributed by atoms with Gasteiger partial charge in [0.2, 0.25) is 0 Å². The van der Waals surface area contributed by atoms with Crippen molar-refractivity contribution in [1.29, 1.82) is 0 Å². The lowest BCUT2D eigenvalue weighted by atomic mass is 10.3. The lowest BCUT2D eigenvalue weighted by molar-refractivity contribution is 0.866. The Labute approximate surface area is 128 Å². The first kappa shape index (κ1) is 15.1. The Morgan fingerprint density at radius 3 is 2.70 bits per heavy atom. The molecule has 0 spiro atoms. The molecule has 0 amide bonds. The minimum Gasteiger partial charge on any atom is -0.370 e. The fourth-order valence-corrected chi connectivity index (χ4v) is 3.00. The molecule has 0 aromatic carbocycles. The highest BCUT2D eigenvalue weighted by Gasteiger charge is 2.09. The van der Waals surface area contributed by atoms with Crippen molar-refractivity contribution >= 4 is 34.6 Å². The molecule has 1 N–H and O–H groups in total. The summed E-state index contributed by atoms with van der Waals surface area (Å²) in [5.41, 5.74) is 0. The van der Waals surface area contributed by atoms with Crippen LogP contribution in [0.2, 0.25) is 4.34 Å². The van der Waals surface area contributed by atoms with Crippen molar-refractivity contribution in [3.63, 3.8) is 0 Å². The molecule has 0 aliphatic heterocycles. The van der Waals surface area contributed by atoms with Gasteiger partial charge >= 0.3 is 0 Å². The summed E-state index contributed by atoms with van der Waals surface area (Å²) in [6.45, 7) is 5.77. The fraction of sp³-hybridized carbons (Fsp3) is 0.429. The molecule has 0 aliphatic rings. The van der Waals surface area contributed by atoms with Gasteiger partial charge in [0.25, 0.3) is 0 Å². The Bertz CT molecular complexity index is 570. The molecule has 108 valence electrons. The molecule has 0 unspecified atom stereocenters. The van der Waals surface area contributed by atoms with Gasteiger partial charge in [-0.1, -0.05) is 18.5 Å². The number of nitrogens with zero attached hydrogens (tertiary/aromatic N) is 3. The predicted octanol–water partition coefficient (Wildman–Crippen LogP) is 3.82. The van der Waals surface area contributed by atoms with E-state index in [1.807, 2.05) is 19.2 Å². The average Bonchev–Trinajstić information content (AvgIpc) is 2.84. The largest absolute Gasteiger partial charge is 0.370 e. The third kappa shape index (κ3) is 3.84. The van der Waals surface area contributed by atoms with Crippen molar-refractivity contribution in [1.82, 2.24) is 9.97 Å². The van der Waals surface area contributed by atoms with Crippen LogP contribution in [-0.4, -0.2) is 23.6 Å². The molecule has 0 radical (unpaired) electrons. The van der Waals surface area contributed by atoms with Gasteiger partial charge < -0.3 is 10.2 Å².